The zero-order chi connectivity index (χ0) is 19.2. The third kappa shape index (κ3) is 4.10. The Bertz CT molecular complexity index is 980. The first-order valence-corrected chi connectivity index (χ1v) is 7.70. The fourth-order valence-corrected chi connectivity index (χ4v) is 2.15. The molecule has 0 saturated carbocycles. The predicted octanol–water partition coefficient (Wildman–Crippen LogP) is 1.98. The molecule has 11 heteroatoms. The van der Waals surface area contributed by atoms with Gasteiger partial charge in [-0.1, -0.05) is 6.07 Å². The first kappa shape index (κ1) is 17.7. The topological polar surface area (TPSA) is 148 Å². The largest absolute Gasteiger partial charge is 0.355 e. The Labute approximate surface area is 153 Å². The first-order valence-electron chi connectivity index (χ1n) is 7.70. The maximum atomic E-state index is 12.1. The molecular weight excluding hydrogens is 352 g/mol. The van der Waals surface area contributed by atoms with Crippen molar-refractivity contribution in [3.8, 4) is 0 Å². The van der Waals surface area contributed by atoms with E-state index in [4.69, 9.17) is 0 Å². The number of hydrogen-bond donors (Lipinski definition) is 3. The molecule has 0 spiro atoms. The van der Waals surface area contributed by atoms with Crippen LogP contribution in [0.3, 0.4) is 0 Å². The van der Waals surface area contributed by atoms with Gasteiger partial charge in [-0.05, 0) is 30.7 Å². The fraction of sp³-hybridized carbons (Fsp3) is 0.0625. The van der Waals surface area contributed by atoms with E-state index in [-0.39, 0.29) is 17.2 Å². The lowest BCUT2D eigenvalue weighted by Crippen LogP contribution is -2.30. The molecule has 11 nitrogen and oxygen atoms in total. The van der Waals surface area contributed by atoms with Gasteiger partial charge in [0.25, 0.3) is 5.91 Å². The van der Waals surface area contributed by atoms with E-state index >= 15 is 0 Å². The van der Waals surface area contributed by atoms with Gasteiger partial charge >= 0.3 is 5.69 Å². The van der Waals surface area contributed by atoms with E-state index in [1.165, 1.54) is 12.4 Å². The van der Waals surface area contributed by atoms with Crippen LogP contribution in [0.4, 0.5) is 23.1 Å². The van der Waals surface area contributed by atoms with Crippen LogP contribution in [0.2, 0.25) is 0 Å². The van der Waals surface area contributed by atoms with Crippen LogP contribution >= 0.6 is 0 Å². The summed E-state index contributed by atoms with van der Waals surface area (Å²) < 4.78 is 0. The third-order valence-corrected chi connectivity index (χ3v) is 3.47. The number of anilines is 3. The Morgan fingerprint density at radius 2 is 1.85 bits per heavy atom. The van der Waals surface area contributed by atoms with Gasteiger partial charge in [-0.3, -0.25) is 30.7 Å². The summed E-state index contributed by atoms with van der Waals surface area (Å²) in [5.74, 6) is -0.339. The van der Waals surface area contributed by atoms with Crippen LogP contribution in [-0.4, -0.2) is 30.8 Å². The van der Waals surface area contributed by atoms with Gasteiger partial charge in [0.2, 0.25) is 11.6 Å². The molecule has 0 atom stereocenters. The summed E-state index contributed by atoms with van der Waals surface area (Å²) in [4.78, 5) is 38.7. The summed E-state index contributed by atoms with van der Waals surface area (Å²) >= 11 is 0. The molecule has 0 fully saturated rings. The van der Waals surface area contributed by atoms with E-state index in [9.17, 15) is 14.9 Å². The van der Waals surface area contributed by atoms with Crippen molar-refractivity contribution in [3.63, 3.8) is 0 Å². The summed E-state index contributed by atoms with van der Waals surface area (Å²) in [5.41, 5.74) is 5.43. The summed E-state index contributed by atoms with van der Waals surface area (Å²) in [6, 6.07) is 6.69. The number of nitrogens with one attached hydrogen (secondary N) is 3. The Morgan fingerprint density at radius 3 is 2.56 bits per heavy atom. The summed E-state index contributed by atoms with van der Waals surface area (Å²) in [6.07, 6.45) is 5.57. The number of carbonyl (C=O) groups excluding carboxylic acids is 1. The van der Waals surface area contributed by atoms with Crippen molar-refractivity contribution < 1.29 is 9.72 Å². The molecule has 3 heterocycles. The molecule has 1 amide bonds. The molecule has 0 aliphatic heterocycles. The molecule has 3 rings (SSSR count). The number of rotatable bonds is 6. The maximum absolute atomic E-state index is 12.1. The van der Waals surface area contributed by atoms with Crippen molar-refractivity contribution in [3.05, 3.63) is 70.4 Å². The molecule has 0 unspecified atom stereocenters. The van der Waals surface area contributed by atoms with Gasteiger partial charge < -0.3 is 5.32 Å². The third-order valence-electron chi connectivity index (χ3n) is 3.47. The number of hydrazine groups is 1. The van der Waals surface area contributed by atoms with Crippen LogP contribution in [0, 0.1) is 17.0 Å². The monoisotopic (exact) mass is 366 g/mol. The van der Waals surface area contributed by atoms with E-state index in [0.717, 1.165) is 11.9 Å². The molecule has 0 saturated heterocycles. The molecule has 3 aromatic rings. The number of nitrogens with zero attached hydrogens (tertiary/aromatic N) is 5. The number of carbonyl (C=O) groups is 1. The van der Waals surface area contributed by atoms with Crippen LogP contribution in [-0.2, 0) is 0 Å². The van der Waals surface area contributed by atoms with Gasteiger partial charge in [0.05, 0.1) is 10.5 Å². The Balaban J connectivity index is 1.84. The highest BCUT2D eigenvalue weighted by atomic mass is 16.6. The molecule has 0 aromatic carbocycles. The molecule has 0 aliphatic rings. The number of pyridine rings is 2. The van der Waals surface area contributed by atoms with Crippen molar-refractivity contribution in [2.45, 2.75) is 6.92 Å². The van der Waals surface area contributed by atoms with Crippen molar-refractivity contribution >= 4 is 29.0 Å². The van der Waals surface area contributed by atoms with Gasteiger partial charge in [0.1, 0.15) is 12.1 Å². The SMILES string of the molecule is Cc1cccnc1Nc1ncnc(NNC(=O)c2cccnc2)c1[N+](=O)[O-]. The average molecular weight is 366 g/mol. The Morgan fingerprint density at radius 1 is 1.07 bits per heavy atom. The van der Waals surface area contributed by atoms with Crippen LogP contribution < -0.4 is 16.2 Å². The normalized spacial score (nSPS) is 10.1. The fourth-order valence-electron chi connectivity index (χ4n) is 2.15. The maximum Gasteiger partial charge on any atom is 0.355 e. The number of aromatic nitrogens is 4. The zero-order valence-corrected chi connectivity index (χ0v) is 14.1. The van der Waals surface area contributed by atoms with Crippen molar-refractivity contribution in [1.29, 1.82) is 0 Å². The van der Waals surface area contributed by atoms with E-state index in [1.54, 1.807) is 37.4 Å². The lowest BCUT2D eigenvalue weighted by Gasteiger charge is -2.11. The van der Waals surface area contributed by atoms with Gasteiger partial charge in [0.15, 0.2) is 0 Å². The number of aryl methyl sites for hydroxylation is 1. The lowest BCUT2D eigenvalue weighted by molar-refractivity contribution is -0.383. The van der Waals surface area contributed by atoms with Crippen molar-refractivity contribution in [1.82, 2.24) is 25.4 Å². The van der Waals surface area contributed by atoms with Crippen LogP contribution in [0.5, 0.6) is 0 Å². The summed E-state index contributed by atoms with van der Waals surface area (Å²) in [5, 5.41) is 14.4. The number of amides is 1. The number of nitro groups is 1. The second-order valence-corrected chi connectivity index (χ2v) is 5.29. The minimum Gasteiger partial charge on any atom is -0.319 e. The lowest BCUT2D eigenvalue weighted by atomic mass is 10.3. The van der Waals surface area contributed by atoms with Gasteiger partial charge in [0, 0.05) is 18.6 Å². The molecular formula is C16H14N8O3. The minimum absolute atomic E-state index is 0.0603. The summed E-state index contributed by atoms with van der Waals surface area (Å²) in [6.45, 7) is 1.80. The first-order chi connectivity index (χ1) is 13.1. The van der Waals surface area contributed by atoms with Crippen LogP contribution in [0.15, 0.2) is 49.2 Å². The van der Waals surface area contributed by atoms with Gasteiger partial charge in [-0.15, -0.1) is 0 Å². The van der Waals surface area contributed by atoms with Gasteiger partial charge in [-0.2, -0.15) is 0 Å². The molecule has 0 aliphatic carbocycles. The second kappa shape index (κ2) is 7.82. The van der Waals surface area contributed by atoms with Crippen LogP contribution in [0.25, 0.3) is 0 Å². The highest BCUT2D eigenvalue weighted by Crippen LogP contribution is 2.30. The standard InChI is InChI=1S/C16H14N8O3/c1-10-4-2-7-18-13(10)21-14-12(24(26)27)15(20-9-19-14)22-23-16(25)11-5-3-6-17-8-11/h2-9H,1H3,(H,23,25)(H2,18,19,20,21,22). The molecule has 136 valence electrons. The van der Waals surface area contributed by atoms with E-state index in [0.29, 0.717) is 5.82 Å². The second-order valence-electron chi connectivity index (χ2n) is 5.29. The van der Waals surface area contributed by atoms with E-state index < -0.39 is 16.5 Å². The molecule has 0 bridgehead atoms. The van der Waals surface area contributed by atoms with Gasteiger partial charge in [-0.25, -0.2) is 15.0 Å². The zero-order valence-electron chi connectivity index (χ0n) is 14.1. The van der Waals surface area contributed by atoms with E-state index in [1.807, 2.05) is 0 Å². The van der Waals surface area contributed by atoms with Crippen molar-refractivity contribution in [2.24, 2.45) is 0 Å². The van der Waals surface area contributed by atoms with Crippen molar-refractivity contribution in [2.75, 3.05) is 10.7 Å². The molecule has 0 radical (unpaired) electrons. The highest BCUT2D eigenvalue weighted by Gasteiger charge is 2.24. The molecule has 3 aromatic heterocycles. The van der Waals surface area contributed by atoms with E-state index in [2.05, 4.69) is 36.1 Å². The predicted molar refractivity (Wildman–Crippen MR) is 96.3 cm³/mol. The molecule has 27 heavy (non-hydrogen) atoms. The average Bonchev–Trinajstić information content (AvgIpc) is 2.68. The Hall–Kier alpha value is -4.15. The minimum atomic E-state index is -0.654. The Kier molecular flexibility index (Phi) is 5.12. The molecule has 3 N–H and O–H groups in total. The quantitative estimate of drug-likeness (QED) is 0.440. The summed E-state index contributed by atoms with van der Waals surface area (Å²) in [7, 11) is 0. The highest BCUT2D eigenvalue weighted by molar-refractivity contribution is 5.94. The van der Waals surface area contributed by atoms with Crippen LogP contribution in [0.1, 0.15) is 15.9 Å². The number of hydrogen-bond acceptors (Lipinski definition) is 9. The smallest absolute Gasteiger partial charge is 0.319 e.